The molecule has 1 fully saturated rings. The number of amides is 1. The molecule has 0 radical (unpaired) electrons. The Hall–Kier alpha value is -2.50. The number of likely N-dealkylation sites (tertiary alicyclic amines) is 1. The summed E-state index contributed by atoms with van der Waals surface area (Å²) in [6.07, 6.45) is 1.70. The van der Waals surface area contributed by atoms with Crippen molar-refractivity contribution in [3.05, 3.63) is 42.1 Å². The number of para-hydroxylation sites is 1. The van der Waals surface area contributed by atoms with E-state index in [1.54, 1.807) is 4.90 Å². The molecule has 0 unspecified atom stereocenters. The second-order valence-electron chi connectivity index (χ2n) is 7.34. The van der Waals surface area contributed by atoms with E-state index in [4.69, 9.17) is 9.47 Å². The maximum atomic E-state index is 12.3. The molecule has 1 aliphatic heterocycles. The third-order valence-corrected chi connectivity index (χ3v) is 4.05. The van der Waals surface area contributed by atoms with Crippen LogP contribution in [0.1, 0.15) is 45.2 Å². The Kier molecular flexibility index (Phi) is 4.97. The molecule has 0 saturated carbocycles. The third-order valence-electron chi connectivity index (χ3n) is 4.05. The highest BCUT2D eigenvalue weighted by Gasteiger charge is 2.29. The van der Waals surface area contributed by atoms with Crippen LogP contribution in [0.5, 0.6) is 11.6 Å². The van der Waals surface area contributed by atoms with Gasteiger partial charge in [0.05, 0.1) is 0 Å². The van der Waals surface area contributed by atoms with Crippen LogP contribution in [-0.4, -0.2) is 39.9 Å². The summed E-state index contributed by atoms with van der Waals surface area (Å²) in [6.45, 7) is 7.01. The molecule has 134 valence electrons. The molecule has 1 aromatic carbocycles. The summed E-state index contributed by atoms with van der Waals surface area (Å²) >= 11 is 0. The molecule has 2 aromatic rings. The zero-order chi connectivity index (χ0) is 17.9. The van der Waals surface area contributed by atoms with Crippen LogP contribution in [0.4, 0.5) is 4.79 Å². The molecule has 1 saturated heterocycles. The van der Waals surface area contributed by atoms with Gasteiger partial charge in [-0.2, -0.15) is 0 Å². The lowest BCUT2D eigenvalue weighted by molar-refractivity contribution is 0.0197. The Balaban J connectivity index is 1.63. The molecule has 1 aliphatic rings. The van der Waals surface area contributed by atoms with Crippen molar-refractivity contribution in [1.82, 2.24) is 15.1 Å². The van der Waals surface area contributed by atoms with Gasteiger partial charge in [0.1, 0.15) is 11.4 Å². The highest BCUT2D eigenvalue weighted by molar-refractivity contribution is 5.68. The average Bonchev–Trinajstić information content (AvgIpc) is 3.03. The maximum Gasteiger partial charge on any atom is 0.410 e. The van der Waals surface area contributed by atoms with Gasteiger partial charge in [0.15, 0.2) is 0 Å². The number of carbonyl (C=O) groups excluding carboxylic acids is 1. The van der Waals surface area contributed by atoms with Crippen molar-refractivity contribution in [2.45, 2.75) is 45.1 Å². The van der Waals surface area contributed by atoms with Gasteiger partial charge in [-0.3, -0.25) is 5.10 Å². The fourth-order valence-corrected chi connectivity index (χ4v) is 2.91. The van der Waals surface area contributed by atoms with E-state index in [-0.39, 0.29) is 12.0 Å². The number of carbonyl (C=O) groups is 1. The molecule has 0 bridgehead atoms. The normalized spacial score (nSPS) is 18.0. The monoisotopic (exact) mass is 343 g/mol. The molecule has 1 aromatic heterocycles. The number of hydrogen-bond acceptors (Lipinski definition) is 4. The lowest BCUT2D eigenvalue weighted by Gasteiger charge is -2.33. The maximum absolute atomic E-state index is 12.3. The second kappa shape index (κ2) is 7.17. The lowest BCUT2D eigenvalue weighted by Crippen LogP contribution is -2.42. The van der Waals surface area contributed by atoms with Gasteiger partial charge in [-0.25, -0.2) is 4.79 Å². The van der Waals surface area contributed by atoms with Crippen LogP contribution in [-0.2, 0) is 4.74 Å². The summed E-state index contributed by atoms with van der Waals surface area (Å²) in [5.41, 5.74) is 0.508. The van der Waals surface area contributed by atoms with Crippen LogP contribution < -0.4 is 4.74 Å². The summed E-state index contributed by atoms with van der Waals surface area (Å²) in [5, 5.41) is 7.28. The van der Waals surface area contributed by atoms with E-state index in [2.05, 4.69) is 10.2 Å². The lowest BCUT2D eigenvalue weighted by atomic mass is 9.95. The highest BCUT2D eigenvalue weighted by atomic mass is 16.6. The SMILES string of the molecule is CC(C)(C)OC(=O)N1CCC[C@H](c2cc(Oc3ccccc3)n[nH]2)C1. The number of hydrogen-bond donors (Lipinski definition) is 1. The summed E-state index contributed by atoms with van der Waals surface area (Å²) in [6, 6.07) is 11.5. The predicted octanol–water partition coefficient (Wildman–Crippen LogP) is 4.32. The van der Waals surface area contributed by atoms with Crippen molar-refractivity contribution >= 4 is 6.09 Å². The van der Waals surface area contributed by atoms with Crippen LogP contribution in [0.15, 0.2) is 36.4 Å². The minimum absolute atomic E-state index is 0.210. The first-order valence-electron chi connectivity index (χ1n) is 8.67. The number of nitrogens with one attached hydrogen (secondary N) is 1. The quantitative estimate of drug-likeness (QED) is 0.901. The fraction of sp³-hybridized carbons (Fsp3) is 0.474. The van der Waals surface area contributed by atoms with E-state index in [0.717, 1.165) is 30.8 Å². The molecule has 1 amide bonds. The van der Waals surface area contributed by atoms with Crippen LogP contribution in [0, 0.1) is 0 Å². The molecule has 0 spiro atoms. The van der Waals surface area contributed by atoms with Crippen molar-refractivity contribution in [2.24, 2.45) is 0 Å². The minimum Gasteiger partial charge on any atom is -0.444 e. The summed E-state index contributed by atoms with van der Waals surface area (Å²) in [5.74, 6) is 1.50. The number of H-pyrrole nitrogens is 1. The topological polar surface area (TPSA) is 67.4 Å². The summed E-state index contributed by atoms with van der Waals surface area (Å²) in [4.78, 5) is 14.1. The number of aromatic nitrogens is 2. The number of benzene rings is 1. The third kappa shape index (κ3) is 4.75. The van der Waals surface area contributed by atoms with Crippen LogP contribution in [0.3, 0.4) is 0 Å². The molecule has 6 nitrogen and oxygen atoms in total. The second-order valence-corrected chi connectivity index (χ2v) is 7.34. The van der Waals surface area contributed by atoms with Gasteiger partial charge in [-0.1, -0.05) is 18.2 Å². The minimum atomic E-state index is -0.477. The van der Waals surface area contributed by atoms with Crippen molar-refractivity contribution in [1.29, 1.82) is 0 Å². The Bertz CT molecular complexity index is 706. The number of rotatable bonds is 3. The molecule has 1 N–H and O–H groups in total. The molecule has 1 atom stereocenters. The molecule has 0 aliphatic carbocycles. The molecule has 2 heterocycles. The van der Waals surface area contributed by atoms with E-state index in [1.807, 2.05) is 57.2 Å². The van der Waals surface area contributed by atoms with Crippen molar-refractivity contribution in [3.63, 3.8) is 0 Å². The van der Waals surface area contributed by atoms with E-state index in [0.29, 0.717) is 12.4 Å². The van der Waals surface area contributed by atoms with Gasteiger partial charge in [0.2, 0.25) is 5.88 Å². The Morgan fingerprint density at radius 2 is 2.04 bits per heavy atom. The van der Waals surface area contributed by atoms with Crippen molar-refractivity contribution in [2.75, 3.05) is 13.1 Å². The zero-order valence-electron chi connectivity index (χ0n) is 15.0. The van der Waals surface area contributed by atoms with E-state index >= 15 is 0 Å². The number of piperidine rings is 1. The van der Waals surface area contributed by atoms with Crippen molar-refractivity contribution in [3.8, 4) is 11.6 Å². The molecule has 3 rings (SSSR count). The first kappa shape index (κ1) is 17.3. The molecule has 25 heavy (non-hydrogen) atoms. The van der Waals surface area contributed by atoms with Gasteiger partial charge in [-0.05, 0) is 45.7 Å². The first-order valence-corrected chi connectivity index (χ1v) is 8.67. The number of ether oxygens (including phenoxy) is 2. The summed E-state index contributed by atoms with van der Waals surface area (Å²) < 4.78 is 11.2. The predicted molar refractivity (Wildman–Crippen MR) is 94.9 cm³/mol. The fourth-order valence-electron chi connectivity index (χ4n) is 2.91. The van der Waals surface area contributed by atoms with E-state index in [9.17, 15) is 4.79 Å². The molecular formula is C19H25N3O3. The van der Waals surface area contributed by atoms with E-state index in [1.165, 1.54) is 0 Å². The van der Waals surface area contributed by atoms with Gasteiger partial charge >= 0.3 is 6.09 Å². The van der Waals surface area contributed by atoms with Gasteiger partial charge < -0.3 is 14.4 Å². The molecular weight excluding hydrogens is 318 g/mol. The standard InChI is InChI=1S/C19H25N3O3/c1-19(2,3)25-18(23)22-11-7-8-14(13-22)16-12-17(21-20-16)24-15-9-5-4-6-10-15/h4-6,9-10,12,14H,7-8,11,13H2,1-3H3,(H,20,21)/t14-/m0/s1. The smallest absolute Gasteiger partial charge is 0.410 e. The number of aromatic amines is 1. The van der Waals surface area contributed by atoms with E-state index < -0.39 is 5.60 Å². The first-order chi connectivity index (χ1) is 11.9. The van der Waals surface area contributed by atoms with Crippen LogP contribution in [0.25, 0.3) is 0 Å². The zero-order valence-corrected chi connectivity index (χ0v) is 15.0. The van der Waals surface area contributed by atoms with Gasteiger partial charge in [0, 0.05) is 30.8 Å². The van der Waals surface area contributed by atoms with Crippen molar-refractivity contribution < 1.29 is 14.3 Å². The Morgan fingerprint density at radius 3 is 2.76 bits per heavy atom. The van der Waals surface area contributed by atoms with Gasteiger partial charge in [-0.15, -0.1) is 5.10 Å². The Labute approximate surface area is 148 Å². The van der Waals surface area contributed by atoms with Gasteiger partial charge in [0.25, 0.3) is 0 Å². The van der Waals surface area contributed by atoms with Crippen LogP contribution >= 0.6 is 0 Å². The highest BCUT2D eigenvalue weighted by Crippen LogP contribution is 2.29. The summed E-state index contributed by atoms with van der Waals surface area (Å²) in [7, 11) is 0. The molecule has 6 heteroatoms. The average molecular weight is 343 g/mol. The number of nitrogens with zero attached hydrogens (tertiary/aromatic N) is 2. The Morgan fingerprint density at radius 1 is 1.28 bits per heavy atom. The largest absolute Gasteiger partial charge is 0.444 e. The van der Waals surface area contributed by atoms with Crippen LogP contribution in [0.2, 0.25) is 0 Å².